The van der Waals surface area contributed by atoms with Crippen molar-refractivity contribution < 1.29 is 19.7 Å². The fourth-order valence-corrected chi connectivity index (χ4v) is 4.01. The zero-order valence-corrected chi connectivity index (χ0v) is 18.1. The molecule has 0 aromatic heterocycles. The van der Waals surface area contributed by atoms with Crippen molar-refractivity contribution in [2.45, 2.75) is 24.2 Å². The maximum atomic E-state index is 13.0. The number of ether oxygens (including phenoxy) is 1. The minimum atomic E-state index is -1.64. The molecule has 0 fully saturated rings. The monoisotopic (exact) mass is 438 g/mol. The molecule has 4 heteroatoms. The van der Waals surface area contributed by atoms with Crippen LogP contribution in [0.25, 0.3) is 0 Å². The Morgan fingerprint density at radius 3 is 1.52 bits per heavy atom. The number of carbonyl (C=O) groups is 1. The van der Waals surface area contributed by atoms with E-state index in [1.807, 2.05) is 97.1 Å². The fourth-order valence-electron chi connectivity index (χ4n) is 4.01. The van der Waals surface area contributed by atoms with E-state index in [1.54, 1.807) is 24.3 Å². The van der Waals surface area contributed by atoms with Gasteiger partial charge in [0.15, 0.2) is 11.7 Å². The molecule has 0 aliphatic rings. The van der Waals surface area contributed by atoms with Gasteiger partial charge in [0, 0.05) is 0 Å². The first-order chi connectivity index (χ1) is 16.1. The van der Waals surface area contributed by atoms with E-state index >= 15 is 0 Å². The second-order valence-corrected chi connectivity index (χ2v) is 7.91. The highest BCUT2D eigenvalue weighted by atomic mass is 16.6. The first-order valence-corrected chi connectivity index (χ1v) is 10.9. The van der Waals surface area contributed by atoms with Crippen molar-refractivity contribution in [3.63, 3.8) is 0 Å². The molecular weight excluding hydrogens is 412 g/mol. The third-order valence-corrected chi connectivity index (χ3v) is 5.70. The normalized spacial score (nSPS) is 13.2. The average Bonchev–Trinajstić information content (AvgIpc) is 2.89. The summed E-state index contributed by atoms with van der Waals surface area (Å²) in [7, 11) is 0. The van der Waals surface area contributed by atoms with E-state index in [4.69, 9.17) is 4.74 Å². The van der Waals surface area contributed by atoms with E-state index < -0.39 is 23.8 Å². The Balaban J connectivity index is 1.73. The Bertz CT molecular complexity index is 1110. The second kappa shape index (κ2) is 10.3. The molecule has 0 heterocycles. The van der Waals surface area contributed by atoms with Gasteiger partial charge in [0.2, 0.25) is 0 Å². The predicted molar refractivity (Wildman–Crippen MR) is 127 cm³/mol. The number of rotatable bonds is 8. The van der Waals surface area contributed by atoms with Crippen LogP contribution in [0.4, 0.5) is 0 Å². The van der Waals surface area contributed by atoms with Crippen molar-refractivity contribution in [1.29, 1.82) is 0 Å². The maximum absolute atomic E-state index is 13.0. The number of hydrogen-bond donors (Lipinski definition) is 2. The van der Waals surface area contributed by atoms with Gasteiger partial charge >= 0.3 is 5.97 Å². The Kier molecular flexibility index (Phi) is 6.98. The summed E-state index contributed by atoms with van der Waals surface area (Å²) < 4.78 is 5.95. The van der Waals surface area contributed by atoms with Gasteiger partial charge in [-0.1, -0.05) is 121 Å². The predicted octanol–water partition coefficient (Wildman–Crippen LogP) is 5.33. The van der Waals surface area contributed by atoms with Crippen LogP contribution in [0, 0.1) is 0 Å². The smallest absolute Gasteiger partial charge is 0.309 e. The van der Waals surface area contributed by atoms with Crippen LogP contribution < -0.4 is 0 Å². The number of esters is 1. The molecule has 4 aromatic carbocycles. The van der Waals surface area contributed by atoms with Crippen molar-refractivity contribution in [1.82, 2.24) is 0 Å². The number of aliphatic hydroxyl groups is 2. The maximum Gasteiger partial charge on any atom is 0.309 e. The first-order valence-electron chi connectivity index (χ1n) is 10.9. The van der Waals surface area contributed by atoms with Crippen molar-refractivity contribution in [3.8, 4) is 0 Å². The van der Waals surface area contributed by atoms with E-state index in [0.717, 1.165) is 0 Å². The average molecular weight is 439 g/mol. The van der Waals surface area contributed by atoms with Crippen LogP contribution in [0.15, 0.2) is 121 Å². The summed E-state index contributed by atoms with van der Waals surface area (Å²) in [6.45, 7) is 0. The molecule has 33 heavy (non-hydrogen) atoms. The van der Waals surface area contributed by atoms with Crippen LogP contribution in [0.3, 0.4) is 0 Å². The minimum Gasteiger partial charge on any atom is -0.454 e. The molecule has 0 radical (unpaired) electrons. The quantitative estimate of drug-likeness (QED) is 0.365. The van der Waals surface area contributed by atoms with Gasteiger partial charge in [-0.05, 0) is 22.3 Å². The van der Waals surface area contributed by atoms with Crippen LogP contribution >= 0.6 is 0 Å². The summed E-state index contributed by atoms with van der Waals surface area (Å²) >= 11 is 0. The summed E-state index contributed by atoms with van der Waals surface area (Å²) in [6, 6.07) is 36.5. The topological polar surface area (TPSA) is 66.8 Å². The SMILES string of the molecule is O=C(C[C@@H](O)c1ccccc1)O[C@H](c1ccccc1)C(O)(c1ccccc1)c1ccccc1. The van der Waals surface area contributed by atoms with Crippen molar-refractivity contribution >= 4 is 5.97 Å². The third kappa shape index (κ3) is 5.03. The van der Waals surface area contributed by atoms with Gasteiger partial charge in [-0.3, -0.25) is 4.79 Å². The van der Waals surface area contributed by atoms with Gasteiger partial charge < -0.3 is 14.9 Å². The largest absolute Gasteiger partial charge is 0.454 e. The lowest BCUT2D eigenvalue weighted by atomic mass is 9.79. The highest BCUT2D eigenvalue weighted by Crippen LogP contribution is 2.43. The van der Waals surface area contributed by atoms with E-state index in [1.165, 1.54) is 0 Å². The van der Waals surface area contributed by atoms with Gasteiger partial charge in [-0.2, -0.15) is 0 Å². The van der Waals surface area contributed by atoms with Crippen molar-refractivity contribution in [2.24, 2.45) is 0 Å². The molecule has 4 nitrogen and oxygen atoms in total. The van der Waals surface area contributed by atoms with E-state index in [0.29, 0.717) is 22.3 Å². The van der Waals surface area contributed by atoms with Crippen LogP contribution in [0.2, 0.25) is 0 Å². The molecule has 4 rings (SSSR count). The van der Waals surface area contributed by atoms with Gasteiger partial charge in [0.25, 0.3) is 0 Å². The molecular formula is C29H26O4. The van der Waals surface area contributed by atoms with Crippen LogP contribution in [0.1, 0.15) is 40.9 Å². The van der Waals surface area contributed by atoms with Gasteiger partial charge in [-0.15, -0.1) is 0 Å². The molecule has 0 aliphatic carbocycles. The molecule has 0 spiro atoms. The van der Waals surface area contributed by atoms with Crippen LogP contribution in [0.5, 0.6) is 0 Å². The zero-order chi connectivity index (χ0) is 23.1. The molecule has 0 bridgehead atoms. The molecule has 166 valence electrons. The highest BCUT2D eigenvalue weighted by Gasteiger charge is 2.44. The summed E-state index contributed by atoms with van der Waals surface area (Å²) in [6.07, 6.45) is -2.26. The zero-order valence-electron chi connectivity index (χ0n) is 18.1. The molecule has 0 saturated heterocycles. The van der Waals surface area contributed by atoms with Crippen LogP contribution in [-0.2, 0) is 15.1 Å². The Labute approximate surface area is 193 Å². The molecule has 0 unspecified atom stereocenters. The number of benzene rings is 4. The molecule has 4 aromatic rings. The van der Waals surface area contributed by atoms with Gasteiger partial charge in [-0.25, -0.2) is 0 Å². The molecule has 0 amide bonds. The van der Waals surface area contributed by atoms with E-state index in [2.05, 4.69) is 0 Å². The van der Waals surface area contributed by atoms with Gasteiger partial charge in [0.05, 0.1) is 12.5 Å². The number of hydrogen-bond acceptors (Lipinski definition) is 4. The van der Waals surface area contributed by atoms with E-state index in [-0.39, 0.29) is 6.42 Å². The Hall–Kier alpha value is -3.73. The standard InChI is InChI=1S/C29H26O4/c30-26(22-13-5-1-6-14-22)21-27(31)33-28(23-15-7-2-8-16-23)29(32,24-17-9-3-10-18-24)25-19-11-4-12-20-25/h1-20,26,28,30,32H,21H2/t26-,28-/m1/s1. The molecule has 0 saturated carbocycles. The van der Waals surface area contributed by atoms with Crippen molar-refractivity contribution in [3.05, 3.63) is 144 Å². The second-order valence-electron chi connectivity index (χ2n) is 7.91. The lowest BCUT2D eigenvalue weighted by Gasteiger charge is -2.37. The Morgan fingerprint density at radius 1 is 0.667 bits per heavy atom. The molecule has 0 aliphatic heterocycles. The fraction of sp³-hybridized carbons (Fsp3) is 0.138. The summed E-state index contributed by atoms with van der Waals surface area (Å²) in [5.74, 6) is -0.606. The van der Waals surface area contributed by atoms with E-state index in [9.17, 15) is 15.0 Å². The molecule has 2 N–H and O–H groups in total. The number of aliphatic hydroxyl groups excluding tert-OH is 1. The lowest BCUT2D eigenvalue weighted by Crippen LogP contribution is -2.38. The molecule has 2 atom stereocenters. The summed E-state index contributed by atoms with van der Waals surface area (Å²) in [4.78, 5) is 13.0. The highest BCUT2D eigenvalue weighted by molar-refractivity contribution is 5.71. The lowest BCUT2D eigenvalue weighted by molar-refractivity contribution is -0.165. The number of carbonyl (C=O) groups excluding carboxylic acids is 1. The Morgan fingerprint density at radius 2 is 1.06 bits per heavy atom. The third-order valence-electron chi connectivity index (χ3n) is 5.70. The minimum absolute atomic E-state index is 0.229. The van der Waals surface area contributed by atoms with Crippen LogP contribution in [-0.4, -0.2) is 16.2 Å². The van der Waals surface area contributed by atoms with Crippen molar-refractivity contribution in [2.75, 3.05) is 0 Å². The summed E-state index contributed by atoms with van der Waals surface area (Å²) in [5, 5.41) is 22.8. The first kappa shape index (κ1) is 22.5. The van der Waals surface area contributed by atoms with Gasteiger partial charge in [0.1, 0.15) is 0 Å². The summed E-state index contributed by atoms with van der Waals surface area (Å²) in [5.41, 5.74) is 0.835.